The molecule has 0 aliphatic heterocycles. The van der Waals surface area contributed by atoms with Crippen molar-refractivity contribution >= 4 is 29.4 Å². The predicted octanol–water partition coefficient (Wildman–Crippen LogP) is 3.53. The van der Waals surface area contributed by atoms with Gasteiger partial charge in [0.15, 0.2) is 17.2 Å². The van der Waals surface area contributed by atoms with Gasteiger partial charge in [0, 0.05) is 30.1 Å². The summed E-state index contributed by atoms with van der Waals surface area (Å²) in [7, 11) is 1.39. The molecule has 190 valence electrons. The topological polar surface area (TPSA) is 126 Å². The number of nitrogens with one attached hydrogen (secondary N) is 1. The van der Waals surface area contributed by atoms with Crippen molar-refractivity contribution in [2.45, 2.75) is 52.7 Å². The summed E-state index contributed by atoms with van der Waals surface area (Å²) in [5.74, 6) is -2.16. The molecule has 0 saturated heterocycles. The number of hydrogen-bond donors (Lipinski definition) is 1. The molecule has 0 saturated carbocycles. The molecular weight excluding hydrogens is 478 g/mol. The summed E-state index contributed by atoms with van der Waals surface area (Å²) < 4.78 is 21.2. The van der Waals surface area contributed by atoms with Crippen LogP contribution in [0.2, 0.25) is 5.02 Å². The lowest BCUT2D eigenvalue weighted by Gasteiger charge is -2.22. The minimum absolute atomic E-state index is 0.0274. The SMILES string of the molecule is COc1ccnc(C(=O)N[C@@H](C)C(=O)O[C@@H](C)[C@@H](C)c2ccc(Cl)cn2)c1OCOC(=O)C(C)C. The summed E-state index contributed by atoms with van der Waals surface area (Å²) in [5.41, 5.74) is 0.573. The molecule has 0 aromatic carbocycles. The van der Waals surface area contributed by atoms with Gasteiger partial charge in [-0.05, 0) is 26.0 Å². The summed E-state index contributed by atoms with van der Waals surface area (Å²) in [5, 5.41) is 3.05. The van der Waals surface area contributed by atoms with Gasteiger partial charge in [0.25, 0.3) is 5.91 Å². The van der Waals surface area contributed by atoms with Crippen LogP contribution in [0.25, 0.3) is 0 Å². The fourth-order valence-corrected chi connectivity index (χ4v) is 2.93. The fraction of sp³-hybridized carbons (Fsp3) is 0.458. The lowest BCUT2D eigenvalue weighted by molar-refractivity contribution is -0.154. The van der Waals surface area contributed by atoms with Crippen molar-refractivity contribution < 1.29 is 33.3 Å². The zero-order chi connectivity index (χ0) is 26.1. The number of esters is 2. The monoisotopic (exact) mass is 507 g/mol. The fourth-order valence-electron chi connectivity index (χ4n) is 2.81. The molecule has 2 aromatic heterocycles. The van der Waals surface area contributed by atoms with Crippen molar-refractivity contribution in [3.63, 3.8) is 0 Å². The number of ether oxygens (including phenoxy) is 4. The predicted molar refractivity (Wildman–Crippen MR) is 127 cm³/mol. The quantitative estimate of drug-likeness (QED) is 0.359. The molecule has 0 aliphatic rings. The zero-order valence-corrected chi connectivity index (χ0v) is 21.3. The molecule has 0 unspecified atom stereocenters. The van der Waals surface area contributed by atoms with Crippen LogP contribution >= 0.6 is 11.6 Å². The molecule has 2 rings (SSSR count). The van der Waals surface area contributed by atoms with E-state index in [-0.39, 0.29) is 29.0 Å². The van der Waals surface area contributed by atoms with Crippen LogP contribution in [0.5, 0.6) is 11.5 Å². The van der Waals surface area contributed by atoms with Crippen LogP contribution in [0.1, 0.15) is 56.7 Å². The molecule has 11 heteroatoms. The Morgan fingerprint density at radius 2 is 1.74 bits per heavy atom. The molecule has 1 amide bonds. The van der Waals surface area contributed by atoms with E-state index < -0.39 is 36.8 Å². The maximum Gasteiger partial charge on any atom is 0.328 e. The van der Waals surface area contributed by atoms with Gasteiger partial charge in [0.1, 0.15) is 12.1 Å². The van der Waals surface area contributed by atoms with Crippen LogP contribution in [0.15, 0.2) is 30.6 Å². The van der Waals surface area contributed by atoms with E-state index >= 15 is 0 Å². The third-order valence-electron chi connectivity index (χ3n) is 5.10. The largest absolute Gasteiger partial charge is 0.493 e. The summed E-state index contributed by atoms with van der Waals surface area (Å²) in [4.78, 5) is 45.5. The van der Waals surface area contributed by atoms with Gasteiger partial charge in [-0.2, -0.15) is 0 Å². The van der Waals surface area contributed by atoms with Crippen LogP contribution in [-0.2, 0) is 19.1 Å². The average Bonchev–Trinajstić information content (AvgIpc) is 2.83. The highest BCUT2D eigenvalue weighted by Crippen LogP contribution is 2.29. The lowest BCUT2D eigenvalue weighted by atomic mass is 10.0. The van der Waals surface area contributed by atoms with E-state index in [0.717, 1.165) is 0 Å². The van der Waals surface area contributed by atoms with Crippen molar-refractivity contribution in [3.8, 4) is 11.5 Å². The molecule has 0 spiro atoms. The Hall–Kier alpha value is -3.40. The second-order valence-electron chi connectivity index (χ2n) is 8.10. The number of aromatic nitrogens is 2. The van der Waals surface area contributed by atoms with E-state index in [1.165, 1.54) is 32.5 Å². The van der Waals surface area contributed by atoms with Crippen molar-refractivity contribution in [3.05, 3.63) is 47.0 Å². The van der Waals surface area contributed by atoms with Gasteiger partial charge in [-0.15, -0.1) is 0 Å². The van der Waals surface area contributed by atoms with Crippen LogP contribution in [-0.4, -0.2) is 53.9 Å². The van der Waals surface area contributed by atoms with Gasteiger partial charge in [0.05, 0.1) is 18.1 Å². The number of carbonyl (C=O) groups excluding carboxylic acids is 3. The van der Waals surface area contributed by atoms with E-state index in [4.69, 9.17) is 30.5 Å². The number of methoxy groups -OCH3 is 1. The molecule has 0 aliphatic carbocycles. The smallest absolute Gasteiger partial charge is 0.328 e. The molecule has 2 aromatic rings. The molecule has 0 fully saturated rings. The highest BCUT2D eigenvalue weighted by molar-refractivity contribution is 6.30. The molecule has 10 nitrogen and oxygen atoms in total. The maximum atomic E-state index is 12.9. The highest BCUT2D eigenvalue weighted by atomic mass is 35.5. The summed E-state index contributed by atoms with van der Waals surface area (Å²) in [6.07, 6.45) is 2.36. The van der Waals surface area contributed by atoms with E-state index in [9.17, 15) is 14.4 Å². The molecule has 2 heterocycles. The Bertz CT molecular complexity index is 1030. The first-order chi connectivity index (χ1) is 16.5. The third-order valence-corrected chi connectivity index (χ3v) is 5.33. The Balaban J connectivity index is 2.04. The zero-order valence-electron chi connectivity index (χ0n) is 20.5. The Morgan fingerprint density at radius 3 is 2.34 bits per heavy atom. The third kappa shape index (κ3) is 7.81. The second-order valence-corrected chi connectivity index (χ2v) is 8.53. The Morgan fingerprint density at radius 1 is 1.03 bits per heavy atom. The highest BCUT2D eigenvalue weighted by Gasteiger charge is 2.27. The number of carbonyl (C=O) groups is 3. The van der Waals surface area contributed by atoms with Crippen molar-refractivity contribution in [1.29, 1.82) is 0 Å². The second kappa shape index (κ2) is 12.9. The summed E-state index contributed by atoms with van der Waals surface area (Å²) in [6, 6.07) is 3.97. The lowest BCUT2D eigenvalue weighted by Crippen LogP contribution is -2.41. The van der Waals surface area contributed by atoms with Gasteiger partial charge in [-0.25, -0.2) is 9.78 Å². The first kappa shape index (κ1) is 27.8. The number of pyridine rings is 2. The standard InChI is InChI=1S/C24H30ClN3O7/c1-13(2)23(30)34-12-33-21-19(32-6)9-10-26-20(21)22(29)28-15(4)24(31)35-16(5)14(3)18-8-7-17(25)11-27-18/h7-11,13-16H,12H2,1-6H3,(H,28,29)/t14-,15+,16+/m1/s1. The van der Waals surface area contributed by atoms with Gasteiger partial charge >= 0.3 is 11.9 Å². The molecule has 3 atom stereocenters. The Kier molecular flexibility index (Phi) is 10.3. The number of nitrogens with zero attached hydrogens (tertiary/aromatic N) is 2. The molecule has 0 radical (unpaired) electrons. The molecular formula is C24H30ClN3O7. The van der Waals surface area contributed by atoms with Crippen LogP contribution in [0, 0.1) is 5.92 Å². The van der Waals surface area contributed by atoms with Crippen molar-refractivity contribution in [2.75, 3.05) is 13.9 Å². The summed E-state index contributed by atoms with van der Waals surface area (Å²) in [6.45, 7) is 8.02. The Labute approximate surface area is 209 Å². The van der Waals surface area contributed by atoms with Gasteiger partial charge < -0.3 is 24.3 Å². The minimum atomic E-state index is -0.991. The number of rotatable bonds is 11. The maximum absolute atomic E-state index is 12.9. The van der Waals surface area contributed by atoms with E-state index in [1.54, 1.807) is 32.9 Å². The van der Waals surface area contributed by atoms with E-state index in [2.05, 4.69) is 15.3 Å². The molecule has 0 bridgehead atoms. The minimum Gasteiger partial charge on any atom is -0.493 e. The van der Waals surface area contributed by atoms with Crippen LogP contribution in [0.3, 0.4) is 0 Å². The van der Waals surface area contributed by atoms with E-state index in [0.29, 0.717) is 10.7 Å². The van der Waals surface area contributed by atoms with Gasteiger partial charge in [0.2, 0.25) is 6.79 Å². The van der Waals surface area contributed by atoms with Gasteiger partial charge in [-0.3, -0.25) is 14.6 Å². The number of amides is 1. The number of halogens is 1. The molecule has 35 heavy (non-hydrogen) atoms. The van der Waals surface area contributed by atoms with Crippen LogP contribution in [0.4, 0.5) is 0 Å². The normalized spacial score (nSPS) is 13.4. The molecule has 1 N–H and O–H groups in total. The van der Waals surface area contributed by atoms with E-state index in [1.807, 2.05) is 6.92 Å². The first-order valence-electron chi connectivity index (χ1n) is 11.0. The van der Waals surface area contributed by atoms with Crippen molar-refractivity contribution in [1.82, 2.24) is 15.3 Å². The average molecular weight is 508 g/mol. The van der Waals surface area contributed by atoms with Gasteiger partial charge in [-0.1, -0.05) is 32.4 Å². The summed E-state index contributed by atoms with van der Waals surface area (Å²) >= 11 is 5.87. The number of hydrogen-bond acceptors (Lipinski definition) is 9. The van der Waals surface area contributed by atoms with Crippen molar-refractivity contribution in [2.24, 2.45) is 5.92 Å². The first-order valence-corrected chi connectivity index (χ1v) is 11.4. The van der Waals surface area contributed by atoms with Crippen LogP contribution < -0.4 is 14.8 Å².